The van der Waals surface area contributed by atoms with Crippen LogP contribution < -0.4 is 0 Å². The smallest absolute Gasteiger partial charge is 0.0981 e. The molecule has 0 amide bonds. The lowest BCUT2D eigenvalue weighted by molar-refractivity contribution is -0.0403. The van der Waals surface area contributed by atoms with Crippen molar-refractivity contribution in [2.75, 3.05) is 13.1 Å². The Labute approximate surface area is 120 Å². The molecule has 2 aliphatic rings. The van der Waals surface area contributed by atoms with Crippen LogP contribution in [-0.2, 0) is 0 Å². The first-order valence-electron chi connectivity index (χ1n) is 7.70. The maximum atomic E-state index is 11.0. The van der Waals surface area contributed by atoms with Crippen LogP contribution in [0.3, 0.4) is 0 Å². The Morgan fingerprint density at radius 1 is 1.16 bits per heavy atom. The fourth-order valence-electron chi connectivity index (χ4n) is 4.01. The molecule has 1 saturated heterocycles. The molecule has 0 radical (unpaired) electrons. The summed E-state index contributed by atoms with van der Waals surface area (Å²) in [5.41, 5.74) is 1.18. The Kier molecular flexibility index (Phi) is 3.97. The molecule has 2 fully saturated rings. The highest BCUT2D eigenvalue weighted by atomic mass is 32.1. The van der Waals surface area contributed by atoms with E-state index >= 15 is 0 Å². The Morgan fingerprint density at radius 2 is 1.84 bits per heavy atom. The zero-order valence-electron chi connectivity index (χ0n) is 11.9. The summed E-state index contributed by atoms with van der Waals surface area (Å²) in [6.45, 7) is 4.49. The number of hydrogen-bond donors (Lipinski definition) is 1. The summed E-state index contributed by atoms with van der Waals surface area (Å²) in [5, 5.41) is 13.2. The van der Waals surface area contributed by atoms with Crippen molar-refractivity contribution < 1.29 is 5.11 Å². The van der Waals surface area contributed by atoms with E-state index in [2.05, 4.69) is 23.3 Å². The van der Waals surface area contributed by atoms with E-state index in [4.69, 9.17) is 0 Å². The SMILES string of the molecule is Cc1cc(C(O)C2(N3CCCCC3)CCCC2)cs1. The summed E-state index contributed by atoms with van der Waals surface area (Å²) in [4.78, 5) is 3.92. The third-order valence-corrected chi connectivity index (χ3v) is 5.91. The van der Waals surface area contributed by atoms with Crippen molar-refractivity contribution >= 4 is 11.3 Å². The predicted octanol–water partition coefficient (Wildman–Crippen LogP) is 3.89. The van der Waals surface area contributed by atoms with Gasteiger partial charge >= 0.3 is 0 Å². The number of likely N-dealkylation sites (tertiary alicyclic amines) is 1. The molecule has 0 aromatic carbocycles. The van der Waals surface area contributed by atoms with E-state index in [1.807, 2.05) is 0 Å². The normalized spacial score (nSPS) is 25.6. The lowest BCUT2D eigenvalue weighted by Gasteiger charge is -2.46. The number of aliphatic hydroxyl groups is 1. The summed E-state index contributed by atoms with van der Waals surface area (Å²) in [7, 11) is 0. The van der Waals surface area contributed by atoms with E-state index < -0.39 is 0 Å². The van der Waals surface area contributed by atoms with Crippen molar-refractivity contribution in [2.24, 2.45) is 0 Å². The third-order valence-electron chi connectivity index (χ3n) is 5.03. The molecule has 0 bridgehead atoms. The van der Waals surface area contributed by atoms with Crippen molar-refractivity contribution in [1.82, 2.24) is 4.90 Å². The van der Waals surface area contributed by atoms with Gasteiger partial charge in [-0.25, -0.2) is 0 Å². The first-order chi connectivity index (χ1) is 9.22. The standard InChI is InChI=1S/C16H25NOS/c1-13-11-14(12-19-13)15(18)16(7-3-4-8-16)17-9-5-2-6-10-17/h11-12,15,18H,2-10H2,1H3. The van der Waals surface area contributed by atoms with Gasteiger partial charge < -0.3 is 5.11 Å². The quantitative estimate of drug-likeness (QED) is 0.907. The zero-order chi connectivity index (χ0) is 13.3. The minimum absolute atomic E-state index is 0.0356. The van der Waals surface area contributed by atoms with Crippen molar-refractivity contribution in [2.45, 2.75) is 63.5 Å². The molecule has 1 aromatic rings. The molecule has 1 aliphatic carbocycles. The molecule has 2 heterocycles. The summed E-state index contributed by atoms with van der Waals surface area (Å²) in [6, 6.07) is 2.18. The average molecular weight is 279 g/mol. The van der Waals surface area contributed by atoms with E-state index in [1.165, 1.54) is 62.9 Å². The number of aryl methyl sites for hydroxylation is 1. The van der Waals surface area contributed by atoms with Crippen LogP contribution in [0.15, 0.2) is 11.4 Å². The van der Waals surface area contributed by atoms with Gasteiger partial charge in [0.1, 0.15) is 0 Å². The number of piperidine rings is 1. The van der Waals surface area contributed by atoms with Gasteiger partial charge in [0.25, 0.3) is 0 Å². The van der Waals surface area contributed by atoms with Crippen LogP contribution in [-0.4, -0.2) is 28.6 Å². The Balaban J connectivity index is 1.86. The molecular formula is C16H25NOS. The maximum Gasteiger partial charge on any atom is 0.0981 e. The first kappa shape index (κ1) is 13.6. The number of rotatable bonds is 3. The molecular weight excluding hydrogens is 254 g/mol. The van der Waals surface area contributed by atoms with Gasteiger partial charge in [0, 0.05) is 4.88 Å². The minimum Gasteiger partial charge on any atom is -0.386 e. The van der Waals surface area contributed by atoms with Gasteiger partial charge in [0.15, 0.2) is 0 Å². The van der Waals surface area contributed by atoms with Crippen molar-refractivity contribution in [3.63, 3.8) is 0 Å². The summed E-state index contributed by atoms with van der Waals surface area (Å²) < 4.78 is 0. The molecule has 1 aromatic heterocycles. The molecule has 2 nitrogen and oxygen atoms in total. The fourth-order valence-corrected chi connectivity index (χ4v) is 4.73. The van der Waals surface area contributed by atoms with E-state index in [-0.39, 0.29) is 11.6 Å². The highest BCUT2D eigenvalue weighted by Gasteiger charge is 2.46. The maximum absolute atomic E-state index is 11.0. The monoisotopic (exact) mass is 279 g/mol. The number of thiophene rings is 1. The topological polar surface area (TPSA) is 23.5 Å². The molecule has 1 aliphatic heterocycles. The van der Waals surface area contributed by atoms with Gasteiger partial charge in [0.05, 0.1) is 11.6 Å². The number of nitrogens with zero attached hydrogens (tertiary/aromatic N) is 1. The molecule has 106 valence electrons. The Bertz CT molecular complexity index is 416. The van der Waals surface area contributed by atoms with Crippen LogP contribution in [0.25, 0.3) is 0 Å². The van der Waals surface area contributed by atoms with Crippen LogP contribution in [0.1, 0.15) is 61.5 Å². The molecule has 1 unspecified atom stereocenters. The second-order valence-corrected chi connectivity index (χ2v) is 7.37. The molecule has 1 saturated carbocycles. The van der Waals surface area contributed by atoms with Crippen molar-refractivity contribution in [3.05, 3.63) is 21.9 Å². The molecule has 0 spiro atoms. The molecule has 1 N–H and O–H groups in total. The summed E-state index contributed by atoms with van der Waals surface area (Å²) in [6.07, 6.45) is 8.56. The van der Waals surface area contributed by atoms with Crippen LogP contribution in [0.4, 0.5) is 0 Å². The fraction of sp³-hybridized carbons (Fsp3) is 0.750. The van der Waals surface area contributed by atoms with Crippen LogP contribution >= 0.6 is 11.3 Å². The average Bonchev–Trinajstić information content (AvgIpc) is 3.08. The Hall–Kier alpha value is -0.380. The predicted molar refractivity (Wildman–Crippen MR) is 80.6 cm³/mol. The number of hydrogen-bond acceptors (Lipinski definition) is 3. The first-order valence-corrected chi connectivity index (χ1v) is 8.58. The lowest BCUT2D eigenvalue weighted by atomic mass is 9.83. The van der Waals surface area contributed by atoms with Gasteiger partial charge in [-0.15, -0.1) is 11.3 Å². The molecule has 19 heavy (non-hydrogen) atoms. The van der Waals surface area contributed by atoms with Gasteiger partial charge in [-0.2, -0.15) is 0 Å². The van der Waals surface area contributed by atoms with E-state index in [0.717, 1.165) is 5.56 Å². The molecule has 1 atom stereocenters. The largest absolute Gasteiger partial charge is 0.386 e. The Morgan fingerprint density at radius 3 is 2.42 bits per heavy atom. The van der Waals surface area contributed by atoms with Crippen molar-refractivity contribution in [1.29, 1.82) is 0 Å². The van der Waals surface area contributed by atoms with E-state index in [9.17, 15) is 5.11 Å². The van der Waals surface area contributed by atoms with Gasteiger partial charge in [0.2, 0.25) is 0 Å². The highest BCUT2D eigenvalue weighted by molar-refractivity contribution is 7.10. The van der Waals surface area contributed by atoms with E-state index in [1.54, 1.807) is 11.3 Å². The second-order valence-electron chi connectivity index (χ2n) is 6.25. The third kappa shape index (κ3) is 2.48. The van der Waals surface area contributed by atoms with Crippen LogP contribution in [0, 0.1) is 6.92 Å². The van der Waals surface area contributed by atoms with Crippen LogP contribution in [0.2, 0.25) is 0 Å². The minimum atomic E-state index is -0.293. The van der Waals surface area contributed by atoms with Gasteiger partial charge in [-0.1, -0.05) is 19.3 Å². The number of aliphatic hydroxyl groups excluding tert-OH is 1. The van der Waals surface area contributed by atoms with Gasteiger partial charge in [-0.3, -0.25) is 4.90 Å². The van der Waals surface area contributed by atoms with Gasteiger partial charge in [-0.05, 0) is 62.7 Å². The van der Waals surface area contributed by atoms with Crippen molar-refractivity contribution in [3.8, 4) is 0 Å². The molecule has 3 heteroatoms. The van der Waals surface area contributed by atoms with E-state index in [0.29, 0.717) is 0 Å². The van der Waals surface area contributed by atoms with Crippen LogP contribution in [0.5, 0.6) is 0 Å². The lowest BCUT2D eigenvalue weighted by Crippen LogP contribution is -2.53. The highest BCUT2D eigenvalue weighted by Crippen LogP contribution is 2.46. The zero-order valence-corrected chi connectivity index (χ0v) is 12.7. The summed E-state index contributed by atoms with van der Waals surface area (Å²) in [5.74, 6) is 0. The molecule has 3 rings (SSSR count). The second kappa shape index (κ2) is 5.55. The summed E-state index contributed by atoms with van der Waals surface area (Å²) >= 11 is 1.76.